The van der Waals surface area contributed by atoms with Gasteiger partial charge in [-0.3, -0.25) is 4.79 Å². The molecular weight excluding hydrogens is 216 g/mol. The van der Waals surface area contributed by atoms with Crippen LogP contribution in [0.3, 0.4) is 0 Å². The average molecular weight is 232 g/mol. The summed E-state index contributed by atoms with van der Waals surface area (Å²) in [7, 11) is 0. The lowest BCUT2D eigenvalue weighted by molar-refractivity contribution is -0.145. The van der Waals surface area contributed by atoms with Crippen LogP contribution in [-0.2, 0) is 9.59 Å². The lowest BCUT2D eigenvalue weighted by atomic mass is 10.2. The Balaban J connectivity index is 4.03. The largest absolute Gasteiger partial charge is 0.481 e. The van der Waals surface area contributed by atoms with E-state index in [1.807, 2.05) is 6.92 Å². The van der Waals surface area contributed by atoms with Crippen LogP contribution in [0, 0.1) is 0 Å². The van der Waals surface area contributed by atoms with E-state index in [4.69, 9.17) is 10.2 Å². The van der Waals surface area contributed by atoms with Gasteiger partial charge in [-0.15, -0.1) is 0 Å². The molecule has 0 bridgehead atoms. The lowest BCUT2D eigenvalue weighted by Crippen LogP contribution is -2.47. The van der Waals surface area contributed by atoms with Gasteiger partial charge in [0.2, 0.25) is 0 Å². The molecule has 7 heteroatoms. The number of urea groups is 1. The molecule has 0 aromatic heterocycles. The molecule has 0 aliphatic carbocycles. The molecule has 7 nitrogen and oxygen atoms in total. The van der Waals surface area contributed by atoms with Crippen molar-refractivity contribution in [3.8, 4) is 0 Å². The van der Waals surface area contributed by atoms with Crippen molar-refractivity contribution in [1.82, 2.24) is 10.6 Å². The summed E-state index contributed by atoms with van der Waals surface area (Å²) in [6.07, 6.45) is 1.04. The number of amides is 2. The van der Waals surface area contributed by atoms with Gasteiger partial charge in [0, 0.05) is 6.54 Å². The molecule has 0 aliphatic rings. The van der Waals surface area contributed by atoms with Gasteiger partial charge in [-0.2, -0.15) is 0 Å². The van der Waals surface area contributed by atoms with Gasteiger partial charge in [0.25, 0.3) is 0 Å². The van der Waals surface area contributed by atoms with E-state index < -0.39 is 30.4 Å². The van der Waals surface area contributed by atoms with E-state index in [1.54, 1.807) is 0 Å². The first-order valence-corrected chi connectivity index (χ1v) is 4.96. The first-order chi connectivity index (χ1) is 7.47. The number of carbonyl (C=O) groups excluding carboxylic acids is 1. The first-order valence-electron chi connectivity index (χ1n) is 4.96. The van der Waals surface area contributed by atoms with E-state index in [0.29, 0.717) is 6.54 Å². The maximum absolute atomic E-state index is 11.1. The summed E-state index contributed by atoms with van der Waals surface area (Å²) in [5.41, 5.74) is 0. The fraction of sp³-hybridized carbons (Fsp3) is 0.667. The molecule has 0 aromatic carbocycles. The molecule has 0 heterocycles. The second kappa shape index (κ2) is 7.49. The number of hydrogen-bond acceptors (Lipinski definition) is 3. The Morgan fingerprint density at radius 1 is 1.25 bits per heavy atom. The molecule has 0 saturated carbocycles. The van der Waals surface area contributed by atoms with Gasteiger partial charge in [-0.1, -0.05) is 13.3 Å². The Kier molecular flexibility index (Phi) is 6.66. The summed E-state index contributed by atoms with van der Waals surface area (Å²) >= 11 is 0. The minimum absolute atomic E-state index is 0.432. The summed E-state index contributed by atoms with van der Waals surface area (Å²) in [5.74, 6) is -2.64. The molecule has 0 radical (unpaired) electrons. The Labute approximate surface area is 92.8 Å². The van der Waals surface area contributed by atoms with Crippen molar-refractivity contribution in [3.63, 3.8) is 0 Å². The lowest BCUT2D eigenvalue weighted by Gasteiger charge is -2.12. The Hall–Kier alpha value is -1.79. The Morgan fingerprint density at radius 2 is 1.88 bits per heavy atom. The molecule has 1 atom stereocenters. The van der Waals surface area contributed by atoms with Crippen LogP contribution in [0.4, 0.5) is 4.79 Å². The zero-order valence-electron chi connectivity index (χ0n) is 9.02. The molecular formula is C9H16N2O5. The van der Waals surface area contributed by atoms with Gasteiger partial charge in [-0.25, -0.2) is 9.59 Å². The molecule has 0 saturated heterocycles. The number of aliphatic carboxylic acids is 2. The molecule has 4 N–H and O–H groups in total. The molecule has 0 spiro atoms. The third-order valence-electron chi connectivity index (χ3n) is 1.80. The zero-order valence-corrected chi connectivity index (χ0v) is 9.02. The van der Waals surface area contributed by atoms with Gasteiger partial charge >= 0.3 is 18.0 Å². The third-order valence-corrected chi connectivity index (χ3v) is 1.80. The smallest absolute Gasteiger partial charge is 0.326 e. The van der Waals surface area contributed by atoms with Crippen LogP contribution in [0.2, 0.25) is 0 Å². The second-order valence-corrected chi connectivity index (χ2v) is 3.24. The highest BCUT2D eigenvalue weighted by atomic mass is 16.4. The molecule has 16 heavy (non-hydrogen) atoms. The number of carbonyl (C=O) groups is 3. The summed E-state index contributed by atoms with van der Waals surface area (Å²) in [6.45, 7) is 2.38. The van der Waals surface area contributed by atoms with E-state index >= 15 is 0 Å². The molecule has 0 fully saturated rings. The molecule has 92 valence electrons. The van der Waals surface area contributed by atoms with Crippen molar-refractivity contribution in [2.75, 3.05) is 6.54 Å². The van der Waals surface area contributed by atoms with Crippen molar-refractivity contribution < 1.29 is 24.6 Å². The predicted octanol–water partition coefficient (Wildman–Crippen LogP) is 0.0136. The van der Waals surface area contributed by atoms with Crippen LogP contribution < -0.4 is 10.6 Å². The zero-order chi connectivity index (χ0) is 12.6. The van der Waals surface area contributed by atoms with Gasteiger partial charge in [-0.05, 0) is 6.42 Å². The summed E-state index contributed by atoms with van der Waals surface area (Å²) in [5, 5.41) is 21.6. The number of hydrogen-bond donors (Lipinski definition) is 4. The monoisotopic (exact) mass is 232 g/mol. The summed E-state index contributed by atoms with van der Waals surface area (Å²) in [4.78, 5) is 32.1. The van der Waals surface area contributed by atoms with E-state index in [9.17, 15) is 14.4 Å². The normalized spacial score (nSPS) is 11.6. The SMILES string of the molecule is CCCCNC(=O)N[C@H](CC(=O)O)C(=O)O. The maximum atomic E-state index is 11.1. The van der Waals surface area contributed by atoms with Crippen LogP contribution in [0.1, 0.15) is 26.2 Å². The van der Waals surface area contributed by atoms with Crippen molar-refractivity contribution in [2.45, 2.75) is 32.2 Å². The standard InChI is InChI=1S/C9H16N2O5/c1-2-3-4-10-9(16)11-6(8(14)15)5-7(12)13/h6H,2-5H2,1H3,(H,12,13)(H,14,15)(H2,10,11,16)/t6-/m1/s1. The molecule has 0 unspecified atom stereocenters. The Morgan fingerprint density at radius 3 is 2.31 bits per heavy atom. The quantitative estimate of drug-likeness (QED) is 0.461. The minimum atomic E-state index is -1.40. The minimum Gasteiger partial charge on any atom is -0.481 e. The maximum Gasteiger partial charge on any atom is 0.326 e. The first kappa shape index (κ1) is 14.2. The third kappa shape index (κ3) is 6.63. The number of nitrogens with one attached hydrogen (secondary N) is 2. The van der Waals surface area contributed by atoms with Gasteiger partial charge < -0.3 is 20.8 Å². The number of carboxylic acid groups (broad SMARTS) is 2. The van der Waals surface area contributed by atoms with Crippen molar-refractivity contribution in [3.05, 3.63) is 0 Å². The van der Waals surface area contributed by atoms with E-state index in [-0.39, 0.29) is 0 Å². The molecule has 0 rings (SSSR count). The summed E-state index contributed by atoms with van der Waals surface area (Å²) in [6, 6.07) is -2.07. The number of rotatable bonds is 7. The molecule has 0 aliphatic heterocycles. The fourth-order valence-electron chi connectivity index (χ4n) is 0.963. The van der Waals surface area contributed by atoms with E-state index in [2.05, 4.69) is 10.6 Å². The highest BCUT2D eigenvalue weighted by Gasteiger charge is 2.22. The van der Waals surface area contributed by atoms with Crippen LogP contribution >= 0.6 is 0 Å². The number of unbranched alkanes of at least 4 members (excludes halogenated alkanes) is 1. The topological polar surface area (TPSA) is 116 Å². The van der Waals surface area contributed by atoms with Crippen molar-refractivity contribution in [2.24, 2.45) is 0 Å². The van der Waals surface area contributed by atoms with Crippen LogP contribution in [0.25, 0.3) is 0 Å². The molecule has 2 amide bonds. The summed E-state index contributed by atoms with van der Waals surface area (Å²) < 4.78 is 0. The van der Waals surface area contributed by atoms with Crippen molar-refractivity contribution >= 4 is 18.0 Å². The highest BCUT2D eigenvalue weighted by molar-refractivity contribution is 5.86. The van der Waals surface area contributed by atoms with Gasteiger partial charge in [0.15, 0.2) is 0 Å². The van der Waals surface area contributed by atoms with Gasteiger partial charge in [0.05, 0.1) is 6.42 Å². The van der Waals surface area contributed by atoms with E-state index in [1.165, 1.54) is 0 Å². The van der Waals surface area contributed by atoms with Crippen LogP contribution in [-0.4, -0.2) is 40.8 Å². The second-order valence-electron chi connectivity index (χ2n) is 3.24. The average Bonchev–Trinajstić information content (AvgIpc) is 2.16. The van der Waals surface area contributed by atoms with Gasteiger partial charge in [0.1, 0.15) is 6.04 Å². The fourth-order valence-corrected chi connectivity index (χ4v) is 0.963. The Bertz CT molecular complexity index is 267. The predicted molar refractivity (Wildman–Crippen MR) is 55.1 cm³/mol. The highest BCUT2D eigenvalue weighted by Crippen LogP contribution is 1.92. The van der Waals surface area contributed by atoms with Crippen LogP contribution in [0.15, 0.2) is 0 Å². The van der Waals surface area contributed by atoms with Crippen LogP contribution in [0.5, 0.6) is 0 Å². The molecule has 0 aromatic rings. The van der Waals surface area contributed by atoms with Crippen molar-refractivity contribution in [1.29, 1.82) is 0 Å². The number of carboxylic acids is 2. The van der Waals surface area contributed by atoms with E-state index in [0.717, 1.165) is 12.8 Å².